The smallest absolute Gasteiger partial charge is 0.170 e. The minimum Gasteiger partial charge on any atom is -0.511 e. The van der Waals surface area contributed by atoms with Gasteiger partial charge in [-0.25, -0.2) is 4.39 Å². The molecule has 0 aromatic heterocycles. The van der Waals surface area contributed by atoms with E-state index in [1.807, 2.05) is 19.1 Å². The number of hydrogen-bond acceptors (Lipinski definition) is 3. The minimum atomic E-state index is -0.517. The van der Waals surface area contributed by atoms with E-state index in [0.29, 0.717) is 35.3 Å². The van der Waals surface area contributed by atoms with Crippen LogP contribution in [0.25, 0.3) is 5.57 Å². The Bertz CT molecular complexity index is 975. The predicted octanol–water partition coefficient (Wildman–Crippen LogP) is 6.88. The van der Waals surface area contributed by atoms with E-state index >= 15 is 0 Å². The Kier molecular flexibility index (Phi) is 5.80. The zero-order valence-corrected chi connectivity index (χ0v) is 18.4. The lowest BCUT2D eigenvalue weighted by molar-refractivity contribution is -0.118. The second-order valence-corrected chi connectivity index (χ2v) is 9.10. The molecule has 3 aliphatic rings. The number of rotatable bonds is 6. The summed E-state index contributed by atoms with van der Waals surface area (Å²) in [5, 5.41) is 11.2. The molecule has 0 unspecified atom stereocenters. The van der Waals surface area contributed by atoms with E-state index < -0.39 is 5.83 Å². The fraction of sp³-hybridized carbons (Fsp3) is 0.480. The van der Waals surface area contributed by atoms with Crippen LogP contribution in [0.5, 0.6) is 5.75 Å². The summed E-state index contributed by atoms with van der Waals surface area (Å²) in [6.07, 6.45) is 5.66. The molecular formula is C25H28ClFO3. The van der Waals surface area contributed by atoms with E-state index in [1.165, 1.54) is 6.08 Å². The van der Waals surface area contributed by atoms with Crippen LogP contribution < -0.4 is 4.74 Å². The van der Waals surface area contributed by atoms with Crippen LogP contribution >= 0.6 is 11.6 Å². The number of ether oxygens (including phenoxy) is 1. The Morgan fingerprint density at radius 2 is 1.97 bits per heavy atom. The van der Waals surface area contributed by atoms with Gasteiger partial charge in [0, 0.05) is 17.9 Å². The Balaban J connectivity index is 1.68. The van der Waals surface area contributed by atoms with E-state index in [-0.39, 0.29) is 28.4 Å². The SMILES string of the molecule is CC/C(Cl)=C(F)\C=C(/C)Oc1ccc(CC)c(C2=C(O)[C@@H]3[C@@H]4CC[C@@H](C4)[C@@H]3C2=O)c1. The second kappa shape index (κ2) is 8.22. The number of ketones is 1. The molecule has 3 aliphatic carbocycles. The maximum atomic E-state index is 14.0. The van der Waals surface area contributed by atoms with Crippen molar-refractivity contribution in [2.24, 2.45) is 23.7 Å². The van der Waals surface area contributed by atoms with E-state index in [0.717, 1.165) is 36.8 Å². The Morgan fingerprint density at radius 3 is 2.60 bits per heavy atom. The molecule has 0 heterocycles. The summed E-state index contributed by atoms with van der Waals surface area (Å²) in [6, 6.07) is 5.52. The maximum Gasteiger partial charge on any atom is 0.170 e. The van der Waals surface area contributed by atoms with Crippen LogP contribution in [0.4, 0.5) is 4.39 Å². The number of hydrogen-bond donors (Lipinski definition) is 1. The summed E-state index contributed by atoms with van der Waals surface area (Å²) in [7, 11) is 0. The molecule has 0 radical (unpaired) electrons. The van der Waals surface area contributed by atoms with Crippen molar-refractivity contribution in [3.05, 3.63) is 57.8 Å². The lowest BCUT2D eigenvalue weighted by Crippen LogP contribution is -2.24. The third-order valence-electron chi connectivity index (χ3n) is 6.95. The molecule has 30 heavy (non-hydrogen) atoms. The molecule has 5 heteroatoms. The van der Waals surface area contributed by atoms with E-state index in [4.69, 9.17) is 16.3 Å². The lowest BCUT2D eigenvalue weighted by atomic mass is 9.80. The van der Waals surface area contributed by atoms with Crippen LogP contribution in [0.2, 0.25) is 0 Å². The molecule has 1 aromatic carbocycles. The van der Waals surface area contributed by atoms with Gasteiger partial charge in [-0.3, -0.25) is 4.79 Å². The largest absolute Gasteiger partial charge is 0.511 e. The number of fused-ring (bicyclic) bond motifs is 5. The van der Waals surface area contributed by atoms with Crippen LogP contribution in [0.15, 0.2) is 46.7 Å². The van der Waals surface area contributed by atoms with Gasteiger partial charge < -0.3 is 9.84 Å². The van der Waals surface area contributed by atoms with Crippen LogP contribution in [-0.4, -0.2) is 10.9 Å². The van der Waals surface area contributed by atoms with Crippen molar-refractivity contribution in [2.45, 2.75) is 52.9 Å². The average Bonchev–Trinajstić information content (AvgIpc) is 3.41. The molecule has 1 N–H and O–H groups in total. The molecule has 3 nitrogen and oxygen atoms in total. The van der Waals surface area contributed by atoms with Crippen LogP contribution in [-0.2, 0) is 11.2 Å². The molecule has 2 saturated carbocycles. The topological polar surface area (TPSA) is 46.5 Å². The molecule has 0 spiro atoms. The number of carbonyl (C=O) groups excluding carboxylic acids is 1. The van der Waals surface area contributed by atoms with Gasteiger partial charge in [-0.1, -0.05) is 31.5 Å². The molecule has 2 fully saturated rings. The second-order valence-electron chi connectivity index (χ2n) is 8.65. The van der Waals surface area contributed by atoms with Crippen LogP contribution in [0, 0.1) is 23.7 Å². The third kappa shape index (κ3) is 3.49. The first-order valence-corrected chi connectivity index (χ1v) is 11.2. The van der Waals surface area contributed by atoms with Gasteiger partial charge in [0.15, 0.2) is 5.78 Å². The van der Waals surface area contributed by atoms with Crippen molar-refractivity contribution in [2.75, 3.05) is 0 Å². The third-order valence-corrected chi connectivity index (χ3v) is 7.40. The number of Topliss-reactive ketones (excluding diaryl/α,β-unsaturated/α-hetero) is 1. The van der Waals surface area contributed by atoms with Gasteiger partial charge in [0.05, 0.1) is 10.6 Å². The zero-order valence-electron chi connectivity index (χ0n) is 17.7. The fourth-order valence-corrected chi connectivity index (χ4v) is 5.65. The van der Waals surface area contributed by atoms with Gasteiger partial charge in [-0.2, -0.15) is 0 Å². The number of halogens is 2. The zero-order chi connectivity index (χ0) is 21.6. The van der Waals surface area contributed by atoms with E-state index in [9.17, 15) is 14.3 Å². The van der Waals surface area contributed by atoms with Crippen molar-refractivity contribution in [1.82, 2.24) is 0 Å². The van der Waals surface area contributed by atoms with Crippen molar-refractivity contribution in [3.63, 3.8) is 0 Å². The van der Waals surface area contributed by atoms with Crippen LogP contribution in [0.3, 0.4) is 0 Å². The standard InChI is InChI=1S/C25H28ClFO3/c1-4-14-8-9-17(30-13(3)10-20(27)19(26)5-2)12-18(14)23-24(28)21-15-6-7-16(11-15)22(21)25(23)29/h8-10,12,15-16,21-22,28H,4-7,11H2,1-3H3/b13-10+,20-19-/t15-,16+,21-,22+/m1/s1. The van der Waals surface area contributed by atoms with Crippen molar-refractivity contribution >= 4 is 23.0 Å². The highest BCUT2D eigenvalue weighted by molar-refractivity contribution is 6.29. The molecule has 1 aromatic rings. The first-order valence-electron chi connectivity index (χ1n) is 10.9. The maximum absolute atomic E-state index is 14.0. The van der Waals surface area contributed by atoms with Crippen molar-refractivity contribution < 1.29 is 19.0 Å². The molecule has 4 rings (SSSR count). The number of aliphatic hydroxyl groups is 1. The molecule has 0 aliphatic heterocycles. The average molecular weight is 431 g/mol. The van der Waals surface area contributed by atoms with Crippen molar-refractivity contribution in [1.29, 1.82) is 0 Å². The molecule has 160 valence electrons. The molecular weight excluding hydrogens is 403 g/mol. The minimum absolute atomic E-state index is 0.0161. The number of aryl methyl sites for hydroxylation is 1. The van der Waals surface area contributed by atoms with Crippen LogP contribution in [0.1, 0.15) is 57.6 Å². The summed E-state index contributed by atoms with van der Waals surface area (Å²) in [5.41, 5.74) is 2.19. The monoisotopic (exact) mass is 430 g/mol. The summed E-state index contributed by atoms with van der Waals surface area (Å²) >= 11 is 5.85. The Hall–Kier alpha value is -2.07. The highest BCUT2D eigenvalue weighted by Gasteiger charge is 2.57. The summed E-state index contributed by atoms with van der Waals surface area (Å²) < 4.78 is 19.8. The molecule has 0 saturated heterocycles. The van der Waals surface area contributed by atoms with Gasteiger partial charge in [0.2, 0.25) is 0 Å². The Morgan fingerprint density at radius 1 is 1.27 bits per heavy atom. The van der Waals surface area contributed by atoms with Gasteiger partial charge in [0.1, 0.15) is 23.1 Å². The van der Waals surface area contributed by atoms with Crippen molar-refractivity contribution in [3.8, 4) is 5.75 Å². The number of allylic oxidation sites excluding steroid dienone is 6. The number of carbonyl (C=O) groups is 1. The number of benzene rings is 1. The summed E-state index contributed by atoms with van der Waals surface area (Å²) in [6.45, 7) is 5.47. The predicted molar refractivity (Wildman–Crippen MR) is 117 cm³/mol. The molecule has 2 bridgehead atoms. The van der Waals surface area contributed by atoms with Gasteiger partial charge in [-0.05, 0) is 74.1 Å². The highest BCUT2D eigenvalue weighted by atomic mass is 35.5. The molecule has 4 atom stereocenters. The highest BCUT2D eigenvalue weighted by Crippen LogP contribution is 2.60. The Labute approximate surface area is 182 Å². The van der Waals surface area contributed by atoms with E-state index in [2.05, 4.69) is 0 Å². The van der Waals surface area contributed by atoms with Gasteiger partial charge >= 0.3 is 0 Å². The molecule has 0 amide bonds. The number of aliphatic hydroxyl groups excluding tert-OH is 1. The van der Waals surface area contributed by atoms with Gasteiger partial charge in [0.25, 0.3) is 0 Å². The normalized spacial score (nSPS) is 28.8. The fourth-order valence-electron chi connectivity index (χ4n) is 5.59. The lowest BCUT2D eigenvalue weighted by Gasteiger charge is -2.23. The quantitative estimate of drug-likeness (QED) is 0.395. The first kappa shape index (κ1) is 21.2. The summed E-state index contributed by atoms with van der Waals surface area (Å²) in [5.74, 6) is 1.44. The van der Waals surface area contributed by atoms with E-state index in [1.54, 1.807) is 19.9 Å². The first-order chi connectivity index (χ1) is 14.3. The van der Waals surface area contributed by atoms with Gasteiger partial charge in [-0.15, -0.1) is 0 Å². The summed E-state index contributed by atoms with van der Waals surface area (Å²) in [4.78, 5) is 13.3.